The van der Waals surface area contributed by atoms with E-state index in [9.17, 15) is 0 Å². The predicted molar refractivity (Wildman–Crippen MR) is 93.3 cm³/mol. The summed E-state index contributed by atoms with van der Waals surface area (Å²) in [5, 5.41) is 12.1. The minimum absolute atomic E-state index is 0.436. The Balaban J connectivity index is 1.56. The van der Waals surface area contributed by atoms with Crippen molar-refractivity contribution in [3.63, 3.8) is 0 Å². The zero-order valence-electron chi connectivity index (χ0n) is 14.3. The van der Waals surface area contributed by atoms with Crippen LogP contribution in [0.15, 0.2) is 12.4 Å². The zero-order valence-corrected chi connectivity index (χ0v) is 14.3. The highest BCUT2D eigenvalue weighted by Crippen LogP contribution is 2.30. The van der Waals surface area contributed by atoms with Crippen LogP contribution in [0.4, 0.5) is 11.6 Å². The number of anilines is 2. The Morgan fingerprint density at radius 2 is 2.04 bits per heavy atom. The van der Waals surface area contributed by atoms with E-state index in [2.05, 4.69) is 34.9 Å². The Hall–Kier alpha value is -2.18. The molecule has 1 fully saturated rings. The van der Waals surface area contributed by atoms with E-state index in [1.807, 2.05) is 13.1 Å². The Morgan fingerprint density at radius 3 is 2.96 bits per heavy atom. The van der Waals surface area contributed by atoms with Gasteiger partial charge in [0.25, 0.3) is 0 Å². The van der Waals surface area contributed by atoms with Gasteiger partial charge in [0.2, 0.25) is 0 Å². The molecule has 7 nitrogen and oxygen atoms in total. The lowest BCUT2D eigenvalue weighted by Gasteiger charge is -2.33. The molecule has 0 bridgehead atoms. The number of nitrogens with zero attached hydrogens (tertiary/aromatic N) is 6. The van der Waals surface area contributed by atoms with Crippen LogP contribution in [0.5, 0.6) is 0 Å². The van der Waals surface area contributed by atoms with Crippen molar-refractivity contribution in [1.82, 2.24) is 24.7 Å². The molecule has 2 aromatic heterocycles. The number of nitrogens with one attached hydrogen (secondary N) is 1. The highest BCUT2D eigenvalue weighted by Gasteiger charge is 2.28. The van der Waals surface area contributed by atoms with Crippen LogP contribution >= 0.6 is 0 Å². The van der Waals surface area contributed by atoms with Gasteiger partial charge in [0.1, 0.15) is 29.6 Å². The lowest BCUT2D eigenvalue weighted by Crippen LogP contribution is -2.36. The van der Waals surface area contributed by atoms with Gasteiger partial charge in [0.15, 0.2) is 0 Å². The van der Waals surface area contributed by atoms with Gasteiger partial charge < -0.3 is 14.8 Å². The first-order chi connectivity index (χ1) is 11.8. The average Bonchev–Trinajstić information content (AvgIpc) is 2.90. The maximum absolute atomic E-state index is 4.57. The fourth-order valence-electron chi connectivity index (χ4n) is 3.86. The third kappa shape index (κ3) is 2.95. The van der Waals surface area contributed by atoms with E-state index in [0.717, 1.165) is 44.1 Å². The maximum Gasteiger partial charge on any atom is 0.137 e. The van der Waals surface area contributed by atoms with Crippen LogP contribution in [-0.2, 0) is 13.0 Å². The number of aryl methyl sites for hydroxylation is 1. The number of aromatic nitrogens is 5. The van der Waals surface area contributed by atoms with Crippen molar-refractivity contribution in [1.29, 1.82) is 0 Å². The van der Waals surface area contributed by atoms with Gasteiger partial charge in [0, 0.05) is 45.1 Å². The molecular weight excluding hydrogens is 302 g/mol. The molecule has 0 amide bonds. The van der Waals surface area contributed by atoms with Gasteiger partial charge in [0.05, 0.1) is 0 Å². The first kappa shape index (κ1) is 15.4. The van der Waals surface area contributed by atoms with Crippen molar-refractivity contribution < 1.29 is 0 Å². The van der Waals surface area contributed by atoms with Crippen LogP contribution in [0, 0.1) is 0 Å². The molecule has 4 heterocycles. The smallest absolute Gasteiger partial charge is 0.137 e. The van der Waals surface area contributed by atoms with Crippen LogP contribution in [-0.4, -0.2) is 44.9 Å². The second-order valence-corrected chi connectivity index (χ2v) is 6.73. The number of rotatable bonds is 3. The second-order valence-electron chi connectivity index (χ2n) is 6.73. The normalized spacial score (nSPS) is 21.2. The maximum atomic E-state index is 4.57. The third-order valence-electron chi connectivity index (χ3n) is 5.16. The average molecular weight is 327 g/mol. The molecule has 1 unspecified atom stereocenters. The largest absolute Gasteiger partial charge is 0.373 e. The van der Waals surface area contributed by atoms with E-state index < -0.39 is 0 Å². The van der Waals surface area contributed by atoms with Gasteiger partial charge >= 0.3 is 0 Å². The van der Waals surface area contributed by atoms with E-state index in [1.54, 1.807) is 6.33 Å². The van der Waals surface area contributed by atoms with Crippen molar-refractivity contribution in [2.24, 2.45) is 0 Å². The van der Waals surface area contributed by atoms with Crippen molar-refractivity contribution in [3.05, 3.63) is 24.0 Å². The summed E-state index contributed by atoms with van der Waals surface area (Å²) in [6.45, 7) is 3.07. The van der Waals surface area contributed by atoms with E-state index in [0.29, 0.717) is 5.92 Å². The Morgan fingerprint density at radius 1 is 1.08 bits per heavy atom. The zero-order chi connectivity index (χ0) is 16.4. The highest BCUT2D eigenvalue weighted by atomic mass is 15.3. The molecule has 7 heteroatoms. The third-order valence-corrected chi connectivity index (χ3v) is 5.16. The van der Waals surface area contributed by atoms with Crippen molar-refractivity contribution in [2.45, 2.75) is 51.0 Å². The van der Waals surface area contributed by atoms with Gasteiger partial charge in [-0.1, -0.05) is 6.42 Å². The van der Waals surface area contributed by atoms with Gasteiger partial charge in [-0.15, -0.1) is 10.2 Å². The van der Waals surface area contributed by atoms with Crippen molar-refractivity contribution in [3.8, 4) is 0 Å². The standard InChI is InChI=1S/C17H25N7/c1-18-14-10-16(20-12-19-14)23-8-5-6-13(11-23)17-22-21-15-7-3-2-4-9-24(15)17/h10,12-13H,2-9,11H2,1H3,(H,18,19,20). The first-order valence-electron chi connectivity index (χ1n) is 9.02. The van der Waals surface area contributed by atoms with E-state index >= 15 is 0 Å². The first-order valence-corrected chi connectivity index (χ1v) is 9.02. The lowest BCUT2D eigenvalue weighted by atomic mass is 9.97. The van der Waals surface area contributed by atoms with Crippen LogP contribution in [0.25, 0.3) is 0 Å². The summed E-state index contributed by atoms with van der Waals surface area (Å²) in [7, 11) is 1.89. The number of fused-ring (bicyclic) bond motifs is 1. The number of hydrogen-bond donors (Lipinski definition) is 1. The molecule has 128 valence electrons. The fourth-order valence-corrected chi connectivity index (χ4v) is 3.86. The molecular formula is C17H25N7. The molecule has 1 N–H and O–H groups in total. The Bertz CT molecular complexity index is 696. The molecule has 0 radical (unpaired) electrons. The number of piperidine rings is 1. The minimum Gasteiger partial charge on any atom is -0.373 e. The van der Waals surface area contributed by atoms with Gasteiger partial charge in [-0.3, -0.25) is 0 Å². The van der Waals surface area contributed by atoms with E-state index in [1.165, 1.54) is 37.3 Å². The van der Waals surface area contributed by atoms with E-state index in [4.69, 9.17) is 0 Å². The lowest BCUT2D eigenvalue weighted by molar-refractivity contribution is 0.464. The fraction of sp³-hybridized carbons (Fsp3) is 0.647. The minimum atomic E-state index is 0.436. The van der Waals surface area contributed by atoms with Crippen molar-refractivity contribution >= 4 is 11.6 Å². The molecule has 0 aromatic carbocycles. The van der Waals surface area contributed by atoms with Crippen LogP contribution in [0.2, 0.25) is 0 Å². The molecule has 4 rings (SSSR count). The molecule has 2 aromatic rings. The second kappa shape index (κ2) is 6.75. The SMILES string of the molecule is CNc1cc(N2CCCC(c3nnc4n3CCCCC4)C2)ncn1. The Kier molecular flexibility index (Phi) is 4.32. The summed E-state index contributed by atoms with van der Waals surface area (Å²) < 4.78 is 2.39. The summed E-state index contributed by atoms with van der Waals surface area (Å²) in [4.78, 5) is 11.0. The van der Waals surface area contributed by atoms with Gasteiger partial charge in [-0.25, -0.2) is 9.97 Å². The van der Waals surface area contributed by atoms with Crippen LogP contribution in [0.3, 0.4) is 0 Å². The van der Waals surface area contributed by atoms with Crippen molar-refractivity contribution in [2.75, 3.05) is 30.4 Å². The van der Waals surface area contributed by atoms with Gasteiger partial charge in [-0.2, -0.15) is 0 Å². The van der Waals surface area contributed by atoms with Gasteiger partial charge in [-0.05, 0) is 25.7 Å². The molecule has 1 atom stereocenters. The molecule has 1 saturated heterocycles. The molecule has 24 heavy (non-hydrogen) atoms. The summed E-state index contributed by atoms with van der Waals surface area (Å²) in [6, 6.07) is 2.02. The quantitative estimate of drug-likeness (QED) is 0.932. The van der Waals surface area contributed by atoms with Crippen LogP contribution in [0.1, 0.15) is 49.7 Å². The highest BCUT2D eigenvalue weighted by molar-refractivity contribution is 5.48. The summed E-state index contributed by atoms with van der Waals surface area (Å²) >= 11 is 0. The van der Waals surface area contributed by atoms with E-state index in [-0.39, 0.29) is 0 Å². The summed E-state index contributed by atoms with van der Waals surface area (Å²) in [5.41, 5.74) is 0. The molecule has 0 aliphatic carbocycles. The molecule has 0 saturated carbocycles. The molecule has 0 spiro atoms. The number of hydrogen-bond acceptors (Lipinski definition) is 6. The van der Waals surface area contributed by atoms with Crippen LogP contribution < -0.4 is 10.2 Å². The molecule has 2 aliphatic rings. The predicted octanol–water partition coefficient (Wildman–Crippen LogP) is 2.22. The monoisotopic (exact) mass is 327 g/mol. The Labute approximate surface area is 142 Å². The summed E-state index contributed by atoms with van der Waals surface area (Å²) in [5.74, 6) is 4.65. The molecule has 2 aliphatic heterocycles. The topological polar surface area (TPSA) is 71.8 Å². The summed E-state index contributed by atoms with van der Waals surface area (Å²) in [6.07, 6.45) is 8.82.